The summed E-state index contributed by atoms with van der Waals surface area (Å²) in [6.45, 7) is 3.89. The van der Waals surface area contributed by atoms with Crippen LogP contribution in [0.1, 0.15) is 23.6 Å². The first-order valence-electron chi connectivity index (χ1n) is 9.19. The molecular weight excluding hydrogens is 352 g/mol. The van der Waals surface area contributed by atoms with E-state index in [0.717, 1.165) is 27.5 Å². The maximum atomic E-state index is 13.3. The molecule has 0 spiro atoms. The average molecular weight is 374 g/mol. The third-order valence-corrected chi connectivity index (χ3v) is 5.37. The lowest BCUT2D eigenvalue weighted by Gasteiger charge is -2.23. The van der Waals surface area contributed by atoms with Crippen molar-refractivity contribution < 1.29 is 14.3 Å². The van der Waals surface area contributed by atoms with Gasteiger partial charge in [-0.3, -0.25) is 9.69 Å². The Balaban J connectivity index is 1.69. The van der Waals surface area contributed by atoms with E-state index in [-0.39, 0.29) is 12.5 Å². The van der Waals surface area contributed by atoms with Gasteiger partial charge in [-0.15, -0.1) is 0 Å². The first-order valence-corrected chi connectivity index (χ1v) is 9.19. The number of imide groups is 1. The van der Waals surface area contributed by atoms with E-state index in [1.807, 2.05) is 67.6 Å². The van der Waals surface area contributed by atoms with Gasteiger partial charge in [0.25, 0.3) is 5.91 Å². The molecule has 1 heterocycles. The predicted octanol–water partition coefficient (Wildman–Crippen LogP) is 4.12. The molecule has 4 rings (SSSR count). The van der Waals surface area contributed by atoms with Crippen molar-refractivity contribution >= 4 is 22.7 Å². The van der Waals surface area contributed by atoms with E-state index in [1.165, 1.54) is 4.90 Å². The van der Waals surface area contributed by atoms with Crippen LogP contribution in [0.25, 0.3) is 10.8 Å². The molecule has 1 aliphatic heterocycles. The van der Waals surface area contributed by atoms with Gasteiger partial charge < -0.3 is 10.1 Å². The quantitative estimate of drug-likeness (QED) is 0.699. The number of urea groups is 1. The maximum Gasteiger partial charge on any atom is 0.325 e. The van der Waals surface area contributed by atoms with Crippen molar-refractivity contribution in [1.82, 2.24) is 10.2 Å². The van der Waals surface area contributed by atoms with Crippen molar-refractivity contribution in [2.45, 2.75) is 25.9 Å². The molecule has 5 heteroatoms. The van der Waals surface area contributed by atoms with Gasteiger partial charge in [0.1, 0.15) is 11.3 Å². The number of hydrogen-bond acceptors (Lipinski definition) is 3. The van der Waals surface area contributed by atoms with Crippen molar-refractivity contribution in [2.75, 3.05) is 7.11 Å². The molecule has 5 nitrogen and oxygen atoms in total. The minimum absolute atomic E-state index is 0.165. The number of methoxy groups -OCH3 is 1. The fourth-order valence-electron chi connectivity index (χ4n) is 3.74. The fourth-order valence-corrected chi connectivity index (χ4v) is 3.74. The largest absolute Gasteiger partial charge is 0.496 e. The number of hydrogen-bond donors (Lipinski definition) is 1. The summed E-state index contributed by atoms with van der Waals surface area (Å²) in [5.74, 6) is 0.391. The number of ether oxygens (including phenoxy) is 1. The second-order valence-electron chi connectivity index (χ2n) is 7.32. The van der Waals surface area contributed by atoms with Gasteiger partial charge in [-0.2, -0.15) is 0 Å². The van der Waals surface area contributed by atoms with Crippen molar-refractivity contribution in [3.8, 4) is 5.75 Å². The molecule has 3 aromatic rings. The van der Waals surface area contributed by atoms with Crippen LogP contribution in [0.15, 0.2) is 60.7 Å². The van der Waals surface area contributed by atoms with Crippen LogP contribution < -0.4 is 10.1 Å². The molecule has 142 valence electrons. The predicted molar refractivity (Wildman–Crippen MR) is 108 cm³/mol. The highest BCUT2D eigenvalue weighted by molar-refractivity contribution is 6.07. The third-order valence-electron chi connectivity index (χ3n) is 5.37. The zero-order valence-electron chi connectivity index (χ0n) is 16.2. The minimum Gasteiger partial charge on any atom is -0.496 e. The molecule has 0 bridgehead atoms. The Bertz CT molecular complexity index is 1090. The summed E-state index contributed by atoms with van der Waals surface area (Å²) in [5, 5.41) is 5.00. The van der Waals surface area contributed by atoms with E-state index in [2.05, 4.69) is 5.32 Å². The van der Waals surface area contributed by atoms with E-state index in [0.29, 0.717) is 5.75 Å². The molecule has 0 unspecified atom stereocenters. The summed E-state index contributed by atoms with van der Waals surface area (Å²) in [4.78, 5) is 27.2. The lowest BCUT2D eigenvalue weighted by Crippen LogP contribution is -2.40. The summed E-state index contributed by atoms with van der Waals surface area (Å²) >= 11 is 0. The summed E-state index contributed by atoms with van der Waals surface area (Å²) in [6, 6.07) is 19.1. The van der Waals surface area contributed by atoms with E-state index < -0.39 is 11.6 Å². The van der Waals surface area contributed by atoms with Gasteiger partial charge >= 0.3 is 6.03 Å². The van der Waals surface area contributed by atoms with Crippen LogP contribution in [0.2, 0.25) is 0 Å². The van der Waals surface area contributed by atoms with Crippen molar-refractivity contribution in [3.05, 3.63) is 77.4 Å². The molecule has 1 aliphatic rings. The molecule has 0 aliphatic carbocycles. The lowest BCUT2D eigenvalue weighted by atomic mass is 9.90. The molecule has 28 heavy (non-hydrogen) atoms. The van der Waals surface area contributed by atoms with E-state index in [1.54, 1.807) is 14.0 Å². The van der Waals surface area contributed by atoms with Gasteiger partial charge in [-0.05, 0) is 42.3 Å². The number of benzene rings is 3. The van der Waals surface area contributed by atoms with Gasteiger partial charge in [0.2, 0.25) is 0 Å². The van der Waals surface area contributed by atoms with Gasteiger partial charge in [0, 0.05) is 5.56 Å². The molecule has 1 saturated heterocycles. The number of rotatable bonds is 4. The number of aryl methyl sites for hydroxylation is 1. The molecular formula is C23H22N2O3. The molecule has 3 amide bonds. The summed E-state index contributed by atoms with van der Waals surface area (Å²) in [5.41, 5.74) is 1.51. The minimum atomic E-state index is -1.10. The number of carbonyl (C=O) groups excluding carboxylic acids is 2. The summed E-state index contributed by atoms with van der Waals surface area (Å²) in [6.07, 6.45) is 0. The molecule has 1 N–H and O–H groups in total. The Morgan fingerprint density at radius 1 is 1.00 bits per heavy atom. The summed E-state index contributed by atoms with van der Waals surface area (Å²) < 4.78 is 5.40. The standard InChI is InChI=1S/C23H22N2O3/c1-15-8-11-20(28-3)18(12-15)14-25-21(26)23(2,24-22(25)27)19-10-9-16-6-4-5-7-17(16)13-19/h4-13H,14H2,1-3H3,(H,24,27)/t23-/m1/s1. The Kier molecular flexibility index (Phi) is 4.30. The number of nitrogens with zero attached hydrogens (tertiary/aromatic N) is 1. The van der Waals surface area contributed by atoms with Crippen LogP contribution in [0.3, 0.4) is 0 Å². The van der Waals surface area contributed by atoms with Crippen LogP contribution in [0, 0.1) is 6.92 Å². The van der Waals surface area contributed by atoms with Crippen LogP contribution in [-0.2, 0) is 16.9 Å². The van der Waals surface area contributed by atoms with Crippen molar-refractivity contribution in [3.63, 3.8) is 0 Å². The normalized spacial score (nSPS) is 19.2. The highest BCUT2D eigenvalue weighted by Crippen LogP contribution is 2.33. The second kappa shape index (κ2) is 6.68. The van der Waals surface area contributed by atoms with Gasteiger partial charge in [0.15, 0.2) is 0 Å². The van der Waals surface area contributed by atoms with Crippen molar-refractivity contribution in [2.24, 2.45) is 0 Å². The molecule has 1 atom stereocenters. The fraction of sp³-hybridized carbons (Fsp3) is 0.217. The molecule has 1 fully saturated rings. The molecule has 3 aromatic carbocycles. The van der Waals surface area contributed by atoms with Crippen LogP contribution in [-0.4, -0.2) is 23.9 Å². The zero-order chi connectivity index (χ0) is 19.9. The van der Waals surface area contributed by atoms with Gasteiger partial charge in [-0.1, -0.05) is 54.1 Å². The smallest absolute Gasteiger partial charge is 0.325 e. The van der Waals surface area contributed by atoms with E-state index >= 15 is 0 Å². The first-order chi connectivity index (χ1) is 13.4. The Morgan fingerprint density at radius 2 is 1.75 bits per heavy atom. The number of fused-ring (bicyclic) bond motifs is 1. The van der Waals surface area contributed by atoms with E-state index in [9.17, 15) is 9.59 Å². The number of nitrogens with one attached hydrogen (secondary N) is 1. The van der Waals surface area contributed by atoms with Crippen LogP contribution in [0.4, 0.5) is 4.79 Å². The number of carbonyl (C=O) groups is 2. The SMILES string of the molecule is COc1ccc(C)cc1CN1C(=O)N[C@](C)(c2ccc3ccccc3c2)C1=O. The van der Waals surface area contributed by atoms with Crippen molar-refractivity contribution in [1.29, 1.82) is 0 Å². The first kappa shape index (κ1) is 18.0. The zero-order valence-corrected chi connectivity index (χ0v) is 16.2. The highest BCUT2D eigenvalue weighted by atomic mass is 16.5. The lowest BCUT2D eigenvalue weighted by molar-refractivity contribution is -0.131. The molecule has 0 aromatic heterocycles. The third kappa shape index (κ3) is 2.89. The second-order valence-corrected chi connectivity index (χ2v) is 7.32. The molecule has 0 saturated carbocycles. The summed E-state index contributed by atoms with van der Waals surface area (Å²) in [7, 11) is 1.58. The topological polar surface area (TPSA) is 58.6 Å². The highest BCUT2D eigenvalue weighted by Gasteiger charge is 2.49. The maximum absolute atomic E-state index is 13.3. The van der Waals surface area contributed by atoms with Crippen LogP contribution in [0.5, 0.6) is 5.75 Å². The monoisotopic (exact) mass is 374 g/mol. The molecule has 0 radical (unpaired) electrons. The van der Waals surface area contributed by atoms with Gasteiger partial charge in [-0.25, -0.2) is 4.79 Å². The Morgan fingerprint density at radius 3 is 2.50 bits per heavy atom. The van der Waals surface area contributed by atoms with Crippen LogP contribution >= 0.6 is 0 Å². The van der Waals surface area contributed by atoms with E-state index in [4.69, 9.17) is 4.74 Å². The Labute approximate surface area is 163 Å². The average Bonchev–Trinajstić information content (AvgIpc) is 2.92. The number of amides is 3. The Hall–Kier alpha value is -3.34. The van der Waals surface area contributed by atoms with Gasteiger partial charge in [0.05, 0.1) is 13.7 Å².